The quantitative estimate of drug-likeness (QED) is 0.694. The van der Waals surface area contributed by atoms with Gasteiger partial charge in [0.25, 0.3) is 0 Å². The summed E-state index contributed by atoms with van der Waals surface area (Å²) >= 11 is 5.82. The molecular weight excluding hydrogens is 354 g/mol. The summed E-state index contributed by atoms with van der Waals surface area (Å²) in [6, 6.07) is 13.3. The van der Waals surface area contributed by atoms with E-state index in [0.717, 1.165) is 0 Å². The van der Waals surface area contributed by atoms with Crippen molar-refractivity contribution < 1.29 is 14.4 Å². The Balaban J connectivity index is 2.02. The molecule has 2 rings (SSSR count). The Labute approximate surface area is 156 Å². The monoisotopic (exact) mass is 373 g/mol. The zero-order chi connectivity index (χ0) is 19.3. The van der Waals surface area contributed by atoms with Crippen LogP contribution in [0.25, 0.3) is 0 Å². The van der Waals surface area contributed by atoms with Crippen molar-refractivity contribution in [2.24, 2.45) is 5.41 Å². The van der Waals surface area contributed by atoms with E-state index in [1.54, 1.807) is 62.4 Å². The average molecular weight is 374 g/mol. The molecule has 3 N–H and O–H groups in total. The van der Waals surface area contributed by atoms with Crippen LogP contribution in [0.3, 0.4) is 0 Å². The fourth-order valence-electron chi connectivity index (χ4n) is 2.05. The Hall–Kier alpha value is -2.86. The molecule has 0 saturated heterocycles. The summed E-state index contributed by atoms with van der Waals surface area (Å²) in [4.78, 5) is 36.0. The summed E-state index contributed by atoms with van der Waals surface area (Å²) in [6.45, 7) is 4.50. The average Bonchev–Trinajstić information content (AvgIpc) is 2.58. The van der Waals surface area contributed by atoms with Gasteiger partial charge in [0.2, 0.25) is 17.7 Å². The van der Waals surface area contributed by atoms with Crippen LogP contribution in [-0.2, 0) is 14.4 Å². The van der Waals surface area contributed by atoms with E-state index in [9.17, 15) is 14.4 Å². The molecule has 0 aliphatic carbocycles. The number of benzene rings is 2. The molecule has 26 heavy (non-hydrogen) atoms. The van der Waals surface area contributed by atoms with Crippen LogP contribution >= 0.6 is 11.6 Å². The molecule has 6 nitrogen and oxygen atoms in total. The molecule has 0 aliphatic rings. The van der Waals surface area contributed by atoms with Gasteiger partial charge in [-0.15, -0.1) is 0 Å². The highest BCUT2D eigenvalue weighted by atomic mass is 35.5. The lowest BCUT2D eigenvalue weighted by Gasteiger charge is -2.23. The first kappa shape index (κ1) is 19.5. The van der Waals surface area contributed by atoms with Crippen LogP contribution in [0.4, 0.5) is 17.1 Å². The molecule has 0 unspecified atom stereocenters. The number of hydrogen-bond acceptors (Lipinski definition) is 3. The summed E-state index contributed by atoms with van der Waals surface area (Å²) in [5.74, 6) is -1.06. The Kier molecular flexibility index (Phi) is 6.00. The van der Waals surface area contributed by atoms with Crippen molar-refractivity contribution in [3.63, 3.8) is 0 Å². The lowest BCUT2D eigenvalue weighted by molar-refractivity contribution is -0.135. The maximum absolute atomic E-state index is 12.5. The van der Waals surface area contributed by atoms with Gasteiger partial charge in [0.05, 0.1) is 0 Å². The van der Waals surface area contributed by atoms with Gasteiger partial charge in [-0.2, -0.15) is 0 Å². The number of anilines is 3. The molecule has 136 valence electrons. The number of halogens is 1. The predicted octanol–water partition coefficient (Wildman–Crippen LogP) is 3.90. The van der Waals surface area contributed by atoms with E-state index in [4.69, 9.17) is 11.6 Å². The van der Waals surface area contributed by atoms with Gasteiger partial charge >= 0.3 is 0 Å². The second kappa shape index (κ2) is 8.01. The number of rotatable bonds is 5. The van der Waals surface area contributed by atoms with Crippen molar-refractivity contribution in [3.05, 3.63) is 53.6 Å². The second-order valence-electron chi connectivity index (χ2n) is 6.30. The lowest BCUT2D eigenvalue weighted by Crippen LogP contribution is -2.41. The molecule has 0 bridgehead atoms. The normalized spacial score (nSPS) is 10.8. The van der Waals surface area contributed by atoms with Crippen LogP contribution < -0.4 is 16.0 Å². The summed E-state index contributed by atoms with van der Waals surface area (Å²) in [6.07, 6.45) is 0. The van der Waals surface area contributed by atoms with Gasteiger partial charge < -0.3 is 16.0 Å². The van der Waals surface area contributed by atoms with Crippen molar-refractivity contribution >= 4 is 46.4 Å². The zero-order valence-electron chi connectivity index (χ0n) is 14.7. The summed E-state index contributed by atoms with van der Waals surface area (Å²) in [5.41, 5.74) is 0.405. The third kappa shape index (κ3) is 5.07. The molecule has 0 aromatic heterocycles. The molecule has 0 saturated carbocycles. The fraction of sp³-hybridized carbons (Fsp3) is 0.211. The molecule has 0 aliphatic heterocycles. The molecule has 2 aromatic carbocycles. The minimum atomic E-state index is -1.30. The van der Waals surface area contributed by atoms with Crippen molar-refractivity contribution in [2.75, 3.05) is 16.0 Å². The summed E-state index contributed by atoms with van der Waals surface area (Å²) in [7, 11) is 0. The maximum Gasteiger partial charge on any atom is 0.239 e. The van der Waals surface area contributed by atoms with Gasteiger partial charge in [-0.1, -0.05) is 11.6 Å². The summed E-state index contributed by atoms with van der Waals surface area (Å²) < 4.78 is 0. The molecule has 0 radical (unpaired) electrons. The molecule has 0 fully saturated rings. The van der Waals surface area contributed by atoms with E-state index in [2.05, 4.69) is 16.0 Å². The SMILES string of the molecule is CC(=O)Nc1ccc(NC(=O)C(C)(C)C(=O)Nc2ccc(Cl)cc2)cc1. The predicted molar refractivity (Wildman–Crippen MR) is 103 cm³/mol. The number of amides is 3. The van der Waals surface area contributed by atoms with Crippen LogP contribution in [0.1, 0.15) is 20.8 Å². The number of nitrogens with one attached hydrogen (secondary N) is 3. The number of carbonyl (C=O) groups excluding carboxylic acids is 3. The molecule has 2 aromatic rings. The second-order valence-corrected chi connectivity index (χ2v) is 6.74. The van der Waals surface area contributed by atoms with Crippen molar-refractivity contribution in [1.82, 2.24) is 0 Å². The van der Waals surface area contributed by atoms with E-state index in [-0.39, 0.29) is 5.91 Å². The Morgan fingerprint density at radius 3 is 1.46 bits per heavy atom. The van der Waals surface area contributed by atoms with Crippen LogP contribution in [-0.4, -0.2) is 17.7 Å². The number of carbonyl (C=O) groups is 3. The molecule has 3 amide bonds. The van der Waals surface area contributed by atoms with E-state index in [0.29, 0.717) is 22.1 Å². The first-order valence-electron chi connectivity index (χ1n) is 7.94. The fourth-order valence-corrected chi connectivity index (χ4v) is 2.18. The molecule has 0 atom stereocenters. The lowest BCUT2D eigenvalue weighted by atomic mass is 9.90. The van der Waals surface area contributed by atoms with Crippen LogP contribution in [0, 0.1) is 5.41 Å². The van der Waals surface area contributed by atoms with Crippen molar-refractivity contribution in [2.45, 2.75) is 20.8 Å². The highest BCUT2D eigenvalue weighted by Gasteiger charge is 2.36. The van der Waals surface area contributed by atoms with Crippen LogP contribution in [0.2, 0.25) is 5.02 Å². The van der Waals surface area contributed by atoms with E-state index in [1.165, 1.54) is 6.92 Å². The summed E-state index contributed by atoms with van der Waals surface area (Å²) in [5, 5.41) is 8.60. The standard InChI is InChI=1S/C19H20ClN3O3/c1-12(24)21-14-8-10-16(11-9-14)23-18(26)19(2,3)17(25)22-15-6-4-13(20)5-7-15/h4-11H,1-3H3,(H,21,24)(H,22,25)(H,23,26). The van der Waals surface area contributed by atoms with Gasteiger partial charge in [-0.25, -0.2) is 0 Å². The van der Waals surface area contributed by atoms with Crippen LogP contribution in [0.15, 0.2) is 48.5 Å². The maximum atomic E-state index is 12.5. The highest BCUT2D eigenvalue weighted by molar-refractivity contribution is 6.30. The topological polar surface area (TPSA) is 87.3 Å². The first-order chi connectivity index (χ1) is 12.2. The van der Waals surface area contributed by atoms with E-state index in [1.807, 2.05) is 0 Å². The van der Waals surface area contributed by atoms with Gasteiger partial charge in [0.15, 0.2) is 0 Å². The first-order valence-corrected chi connectivity index (χ1v) is 8.32. The third-order valence-corrected chi connectivity index (χ3v) is 3.95. The van der Waals surface area contributed by atoms with E-state index < -0.39 is 17.2 Å². The van der Waals surface area contributed by atoms with Gasteiger partial charge in [-0.05, 0) is 62.4 Å². The third-order valence-electron chi connectivity index (χ3n) is 3.70. The van der Waals surface area contributed by atoms with Crippen molar-refractivity contribution in [3.8, 4) is 0 Å². The molecular formula is C19H20ClN3O3. The molecule has 0 spiro atoms. The van der Waals surface area contributed by atoms with Crippen molar-refractivity contribution in [1.29, 1.82) is 0 Å². The van der Waals surface area contributed by atoms with Gasteiger partial charge in [-0.3, -0.25) is 14.4 Å². The van der Waals surface area contributed by atoms with Gasteiger partial charge in [0, 0.05) is 29.0 Å². The Morgan fingerprint density at radius 2 is 1.08 bits per heavy atom. The minimum absolute atomic E-state index is 0.179. The van der Waals surface area contributed by atoms with Crippen LogP contribution in [0.5, 0.6) is 0 Å². The van der Waals surface area contributed by atoms with E-state index >= 15 is 0 Å². The van der Waals surface area contributed by atoms with Gasteiger partial charge in [0.1, 0.15) is 5.41 Å². The highest BCUT2D eigenvalue weighted by Crippen LogP contribution is 2.23. The molecule has 0 heterocycles. The Bertz CT molecular complexity index is 815. The smallest absolute Gasteiger partial charge is 0.239 e. The minimum Gasteiger partial charge on any atom is -0.326 e. The largest absolute Gasteiger partial charge is 0.326 e. The Morgan fingerprint density at radius 1 is 0.731 bits per heavy atom. The zero-order valence-corrected chi connectivity index (χ0v) is 15.5. The number of hydrogen-bond donors (Lipinski definition) is 3. The molecule has 7 heteroatoms.